The van der Waals surface area contributed by atoms with Crippen molar-refractivity contribution in [3.05, 3.63) is 89.0 Å². The SMILES string of the molecule is CCOC(=O)C1=C(C)n2c(s/c(=C\c3ccc([N+](=O)[O-])cc3)c2=O)=N[C@H]1c1ccc(O)c(OCC)c1. The van der Waals surface area contributed by atoms with Gasteiger partial charge < -0.3 is 14.6 Å². The highest BCUT2D eigenvalue weighted by molar-refractivity contribution is 7.07. The number of esters is 1. The number of rotatable bonds is 7. The zero-order valence-electron chi connectivity index (χ0n) is 19.8. The average molecular weight is 510 g/mol. The maximum Gasteiger partial charge on any atom is 0.338 e. The number of non-ortho nitro benzene ring substituents is 1. The van der Waals surface area contributed by atoms with E-state index in [0.29, 0.717) is 32.8 Å². The number of fused-ring (bicyclic) bond motifs is 1. The lowest BCUT2D eigenvalue weighted by atomic mass is 9.96. The number of aromatic nitrogens is 1. The fourth-order valence-electron chi connectivity index (χ4n) is 3.87. The molecule has 0 radical (unpaired) electrons. The molecule has 1 atom stereocenters. The molecule has 0 spiro atoms. The van der Waals surface area contributed by atoms with Crippen molar-refractivity contribution in [2.75, 3.05) is 13.2 Å². The number of nitro benzene ring substituents is 1. The van der Waals surface area contributed by atoms with E-state index in [-0.39, 0.29) is 34.9 Å². The number of thiazole rings is 1. The first-order valence-electron chi connectivity index (χ1n) is 11.1. The molecule has 2 aromatic carbocycles. The summed E-state index contributed by atoms with van der Waals surface area (Å²) in [6, 6.07) is 9.78. The number of hydrogen-bond acceptors (Lipinski definition) is 9. The largest absolute Gasteiger partial charge is 0.504 e. The molecule has 11 heteroatoms. The number of phenols is 1. The highest BCUT2D eigenvalue weighted by Crippen LogP contribution is 2.36. The van der Waals surface area contributed by atoms with Crippen LogP contribution in [0.15, 0.2) is 57.8 Å². The van der Waals surface area contributed by atoms with Crippen LogP contribution in [-0.4, -0.2) is 33.8 Å². The third-order valence-corrected chi connectivity index (χ3v) is 6.52. The number of carbonyl (C=O) groups is 1. The Bertz CT molecular complexity index is 1550. The molecule has 4 rings (SSSR count). The lowest BCUT2D eigenvalue weighted by molar-refractivity contribution is -0.384. The number of phenolic OH excluding ortho intramolecular Hbond substituents is 1. The summed E-state index contributed by atoms with van der Waals surface area (Å²) in [4.78, 5) is 41.8. The molecular weight excluding hydrogens is 486 g/mol. The van der Waals surface area contributed by atoms with E-state index in [2.05, 4.69) is 0 Å². The molecule has 0 amide bonds. The number of allylic oxidation sites excluding steroid dienone is 1. The Kier molecular flexibility index (Phi) is 7.02. The van der Waals surface area contributed by atoms with Crippen LogP contribution in [0.1, 0.15) is 37.9 Å². The minimum Gasteiger partial charge on any atom is -0.504 e. The predicted octanol–water partition coefficient (Wildman–Crippen LogP) is 2.92. The number of nitrogens with zero attached hydrogens (tertiary/aromatic N) is 3. The maximum atomic E-state index is 13.3. The molecule has 36 heavy (non-hydrogen) atoms. The molecule has 1 aromatic heterocycles. The predicted molar refractivity (Wildman–Crippen MR) is 134 cm³/mol. The van der Waals surface area contributed by atoms with Gasteiger partial charge in [-0.15, -0.1) is 0 Å². The number of ether oxygens (including phenoxy) is 2. The Morgan fingerprint density at radius 1 is 1.22 bits per heavy atom. The average Bonchev–Trinajstić information content (AvgIpc) is 3.16. The van der Waals surface area contributed by atoms with Crippen LogP contribution in [0.2, 0.25) is 0 Å². The topological polar surface area (TPSA) is 133 Å². The van der Waals surface area contributed by atoms with Crippen molar-refractivity contribution < 1.29 is 24.3 Å². The number of nitro groups is 1. The third kappa shape index (κ3) is 4.65. The Labute approximate surface area is 209 Å². The molecule has 2 heterocycles. The first kappa shape index (κ1) is 24.9. The minimum absolute atomic E-state index is 0.0391. The van der Waals surface area contributed by atoms with Crippen LogP contribution in [0.25, 0.3) is 11.8 Å². The molecule has 0 bridgehead atoms. The van der Waals surface area contributed by atoms with E-state index < -0.39 is 16.9 Å². The Balaban J connectivity index is 1.90. The highest BCUT2D eigenvalue weighted by atomic mass is 32.1. The van der Waals surface area contributed by atoms with Crippen molar-refractivity contribution in [1.82, 2.24) is 4.57 Å². The van der Waals surface area contributed by atoms with Gasteiger partial charge in [0, 0.05) is 17.8 Å². The van der Waals surface area contributed by atoms with E-state index in [0.717, 1.165) is 11.3 Å². The van der Waals surface area contributed by atoms with Gasteiger partial charge in [-0.1, -0.05) is 17.4 Å². The molecule has 0 saturated heterocycles. The van der Waals surface area contributed by atoms with Crippen molar-refractivity contribution in [3.8, 4) is 11.5 Å². The van der Waals surface area contributed by atoms with Gasteiger partial charge >= 0.3 is 5.97 Å². The summed E-state index contributed by atoms with van der Waals surface area (Å²) in [5.74, 6) is -0.380. The van der Waals surface area contributed by atoms with Crippen LogP contribution in [0.5, 0.6) is 11.5 Å². The third-order valence-electron chi connectivity index (χ3n) is 5.54. The smallest absolute Gasteiger partial charge is 0.338 e. The first-order valence-corrected chi connectivity index (χ1v) is 12.0. The van der Waals surface area contributed by atoms with Crippen LogP contribution in [0.4, 0.5) is 5.69 Å². The van der Waals surface area contributed by atoms with E-state index >= 15 is 0 Å². The fourth-order valence-corrected chi connectivity index (χ4v) is 4.91. The molecule has 0 unspecified atom stereocenters. The molecule has 1 N–H and O–H groups in total. The standard InChI is InChI=1S/C25H23N3O7S/c1-4-34-19-13-16(8-11-18(19)29)22-21(24(31)35-5-2)14(3)27-23(30)20(36-25(27)26-22)12-15-6-9-17(10-7-15)28(32)33/h6-13,22,29H,4-5H2,1-3H3/b20-12-/t22-/m0/s1. The summed E-state index contributed by atoms with van der Waals surface area (Å²) >= 11 is 1.14. The van der Waals surface area contributed by atoms with E-state index in [1.807, 2.05) is 0 Å². The molecule has 1 aliphatic rings. The molecule has 0 aliphatic carbocycles. The van der Waals surface area contributed by atoms with E-state index in [1.165, 1.54) is 22.8 Å². The molecule has 3 aromatic rings. The Hall–Kier alpha value is -4.25. The second-order valence-electron chi connectivity index (χ2n) is 7.79. The molecule has 1 aliphatic heterocycles. The van der Waals surface area contributed by atoms with Crippen molar-refractivity contribution >= 4 is 34.8 Å². The summed E-state index contributed by atoms with van der Waals surface area (Å²) in [5.41, 5.74) is 1.38. The van der Waals surface area contributed by atoms with Crippen molar-refractivity contribution in [3.63, 3.8) is 0 Å². The van der Waals surface area contributed by atoms with Crippen molar-refractivity contribution in [2.24, 2.45) is 4.99 Å². The quantitative estimate of drug-likeness (QED) is 0.294. The molecule has 10 nitrogen and oxygen atoms in total. The summed E-state index contributed by atoms with van der Waals surface area (Å²) in [6.07, 6.45) is 1.62. The highest BCUT2D eigenvalue weighted by Gasteiger charge is 2.32. The number of hydrogen-bond donors (Lipinski definition) is 1. The molecule has 186 valence electrons. The van der Waals surface area contributed by atoms with Gasteiger partial charge in [0.2, 0.25) is 0 Å². The van der Waals surface area contributed by atoms with E-state index in [1.54, 1.807) is 51.1 Å². The van der Waals surface area contributed by atoms with Crippen LogP contribution in [0.3, 0.4) is 0 Å². The second kappa shape index (κ2) is 10.2. The van der Waals surface area contributed by atoms with Crippen molar-refractivity contribution in [2.45, 2.75) is 26.8 Å². The van der Waals surface area contributed by atoms with Crippen molar-refractivity contribution in [1.29, 1.82) is 0 Å². The van der Waals surface area contributed by atoms with Gasteiger partial charge in [-0.25, -0.2) is 9.79 Å². The minimum atomic E-state index is -0.783. The fraction of sp³-hybridized carbons (Fsp3) is 0.240. The summed E-state index contributed by atoms with van der Waals surface area (Å²) in [5, 5.41) is 21.0. The molecule has 0 fully saturated rings. The Morgan fingerprint density at radius 3 is 2.58 bits per heavy atom. The second-order valence-corrected chi connectivity index (χ2v) is 8.80. The van der Waals surface area contributed by atoms with Gasteiger partial charge in [-0.3, -0.25) is 19.5 Å². The van der Waals surface area contributed by atoms with Gasteiger partial charge in [-0.2, -0.15) is 0 Å². The van der Waals surface area contributed by atoms with Gasteiger partial charge in [0.15, 0.2) is 16.3 Å². The number of carbonyl (C=O) groups excluding carboxylic acids is 1. The van der Waals surface area contributed by atoms with E-state index in [4.69, 9.17) is 14.5 Å². The van der Waals surface area contributed by atoms with Gasteiger partial charge in [-0.05, 0) is 62.2 Å². The normalized spacial score (nSPS) is 15.3. The number of aromatic hydroxyl groups is 1. The first-order chi connectivity index (χ1) is 17.2. The van der Waals surface area contributed by atoms with Gasteiger partial charge in [0.05, 0.1) is 28.2 Å². The van der Waals surface area contributed by atoms with E-state index in [9.17, 15) is 24.8 Å². The Morgan fingerprint density at radius 2 is 1.94 bits per heavy atom. The monoisotopic (exact) mass is 509 g/mol. The van der Waals surface area contributed by atoms with Crippen LogP contribution in [0, 0.1) is 10.1 Å². The van der Waals surface area contributed by atoms with Gasteiger partial charge in [0.1, 0.15) is 6.04 Å². The number of benzene rings is 2. The lowest BCUT2D eigenvalue weighted by Crippen LogP contribution is -2.35. The lowest BCUT2D eigenvalue weighted by Gasteiger charge is -2.22. The summed E-state index contributed by atoms with van der Waals surface area (Å²) < 4.78 is 12.5. The molecule has 0 saturated carbocycles. The summed E-state index contributed by atoms with van der Waals surface area (Å²) in [6.45, 7) is 5.62. The van der Waals surface area contributed by atoms with Crippen LogP contribution in [-0.2, 0) is 9.53 Å². The van der Waals surface area contributed by atoms with Crippen LogP contribution < -0.4 is 19.6 Å². The zero-order chi connectivity index (χ0) is 26.0. The maximum absolute atomic E-state index is 13.3. The molecular formula is C25H23N3O7S. The van der Waals surface area contributed by atoms with Gasteiger partial charge in [0.25, 0.3) is 11.2 Å². The van der Waals surface area contributed by atoms with Crippen LogP contribution >= 0.6 is 11.3 Å². The summed E-state index contributed by atoms with van der Waals surface area (Å²) in [7, 11) is 0. The zero-order valence-corrected chi connectivity index (χ0v) is 20.6.